The van der Waals surface area contributed by atoms with Gasteiger partial charge >= 0.3 is 0 Å². The normalized spacial score (nSPS) is 11.0. The van der Waals surface area contributed by atoms with Crippen LogP contribution in [0.25, 0.3) is 0 Å². The van der Waals surface area contributed by atoms with Crippen molar-refractivity contribution in [3.8, 4) is 11.5 Å². The van der Waals surface area contributed by atoms with Gasteiger partial charge in [-0.05, 0) is 67.8 Å². The molecule has 0 fully saturated rings. The summed E-state index contributed by atoms with van der Waals surface area (Å²) in [5, 5.41) is 3.07. The molecule has 3 rings (SSSR count). The first-order valence-electron chi connectivity index (χ1n) is 10.8. The van der Waals surface area contributed by atoms with E-state index in [2.05, 4.69) is 10.0 Å². The van der Waals surface area contributed by atoms with Crippen molar-refractivity contribution in [2.24, 2.45) is 0 Å². The standard InChI is InChI=1S/C25H27ClN2O5S/c1-3-33-23-14-11-18(16-24(23)32-2)8-7-15-27-25(29)21-17-19(12-13-22(21)26)28-34(30,31)20-9-5-4-6-10-20/h4-6,9-14,16-17,28H,3,7-8,15H2,1-2H3,(H,27,29). The lowest BCUT2D eigenvalue weighted by Gasteiger charge is -2.12. The van der Waals surface area contributed by atoms with E-state index in [0.29, 0.717) is 31.1 Å². The van der Waals surface area contributed by atoms with E-state index < -0.39 is 10.0 Å². The fraction of sp³-hybridized carbons (Fsp3) is 0.240. The first kappa shape index (κ1) is 25.4. The lowest BCUT2D eigenvalue weighted by atomic mass is 10.1. The highest BCUT2D eigenvalue weighted by atomic mass is 35.5. The number of hydrogen-bond acceptors (Lipinski definition) is 5. The summed E-state index contributed by atoms with van der Waals surface area (Å²) < 4.78 is 38.5. The molecule has 0 radical (unpaired) electrons. The van der Waals surface area contributed by atoms with Crippen LogP contribution in [0.3, 0.4) is 0 Å². The van der Waals surface area contributed by atoms with E-state index in [1.807, 2.05) is 25.1 Å². The molecular formula is C25H27ClN2O5S. The largest absolute Gasteiger partial charge is 0.493 e. The van der Waals surface area contributed by atoms with Gasteiger partial charge in [-0.15, -0.1) is 0 Å². The molecule has 1 amide bonds. The number of hydrogen-bond donors (Lipinski definition) is 2. The number of anilines is 1. The molecule has 2 N–H and O–H groups in total. The highest BCUT2D eigenvalue weighted by Gasteiger charge is 2.16. The first-order valence-corrected chi connectivity index (χ1v) is 12.7. The summed E-state index contributed by atoms with van der Waals surface area (Å²) in [6.07, 6.45) is 1.43. The van der Waals surface area contributed by atoms with Crippen LogP contribution in [-0.4, -0.2) is 34.6 Å². The van der Waals surface area contributed by atoms with Crippen LogP contribution in [0, 0.1) is 0 Å². The van der Waals surface area contributed by atoms with Crippen molar-refractivity contribution >= 4 is 33.2 Å². The second-order valence-electron chi connectivity index (χ2n) is 7.39. The number of benzene rings is 3. The zero-order valence-electron chi connectivity index (χ0n) is 19.0. The molecule has 34 heavy (non-hydrogen) atoms. The molecule has 0 aliphatic carbocycles. The Morgan fingerprint density at radius 2 is 1.76 bits per heavy atom. The molecule has 0 saturated carbocycles. The number of carbonyl (C=O) groups is 1. The number of aryl methyl sites for hydroxylation is 1. The summed E-state index contributed by atoms with van der Waals surface area (Å²) in [6, 6.07) is 18.2. The van der Waals surface area contributed by atoms with Crippen molar-refractivity contribution < 1.29 is 22.7 Å². The van der Waals surface area contributed by atoms with Crippen LogP contribution < -0.4 is 19.5 Å². The monoisotopic (exact) mass is 502 g/mol. The highest BCUT2D eigenvalue weighted by Crippen LogP contribution is 2.28. The molecule has 0 unspecified atom stereocenters. The zero-order valence-corrected chi connectivity index (χ0v) is 20.6. The van der Waals surface area contributed by atoms with E-state index in [0.717, 1.165) is 12.0 Å². The third-order valence-corrected chi connectivity index (χ3v) is 6.70. The Morgan fingerprint density at radius 3 is 2.47 bits per heavy atom. The van der Waals surface area contributed by atoms with Crippen molar-refractivity contribution in [2.45, 2.75) is 24.7 Å². The molecule has 0 aliphatic rings. The predicted molar refractivity (Wildman–Crippen MR) is 134 cm³/mol. The molecule has 180 valence electrons. The number of rotatable bonds is 11. The predicted octanol–water partition coefficient (Wildman–Crippen LogP) is 4.91. The van der Waals surface area contributed by atoms with Gasteiger partial charge in [0.05, 0.1) is 29.2 Å². The van der Waals surface area contributed by atoms with Crippen molar-refractivity contribution in [3.05, 3.63) is 82.9 Å². The number of ether oxygens (including phenoxy) is 2. The number of halogens is 1. The summed E-state index contributed by atoms with van der Waals surface area (Å²) in [6.45, 7) is 2.89. The second-order valence-corrected chi connectivity index (χ2v) is 9.48. The molecule has 0 aliphatic heterocycles. The van der Waals surface area contributed by atoms with E-state index in [1.165, 1.54) is 30.3 Å². The Hall–Kier alpha value is -3.23. The minimum absolute atomic E-state index is 0.127. The van der Waals surface area contributed by atoms with Gasteiger partial charge in [-0.3, -0.25) is 9.52 Å². The van der Waals surface area contributed by atoms with Crippen LogP contribution in [-0.2, 0) is 16.4 Å². The third kappa shape index (κ3) is 6.65. The van der Waals surface area contributed by atoms with Crippen LogP contribution in [0.1, 0.15) is 29.3 Å². The van der Waals surface area contributed by atoms with Crippen LogP contribution in [0.2, 0.25) is 5.02 Å². The number of nitrogens with one attached hydrogen (secondary N) is 2. The number of methoxy groups -OCH3 is 1. The Morgan fingerprint density at radius 1 is 1.00 bits per heavy atom. The summed E-state index contributed by atoms with van der Waals surface area (Å²) in [7, 11) is -2.18. The van der Waals surface area contributed by atoms with Gasteiger partial charge in [0.25, 0.3) is 15.9 Å². The molecule has 0 spiro atoms. The molecule has 0 saturated heterocycles. The van der Waals surface area contributed by atoms with E-state index in [4.69, 9.17) is 21.1 Å². The van der Waals surface area contributed by atoms with Gasteiger partial charge < -0.3 is 14.8 Å². The maximum Gasteiger partial charge on any atom is 0.261 e. The van der Waals surface area contributed by atoms with Gasteiger partial charge in [-0.25, -0.2) is 8.42 Å². The second kappa shape index (κ2) is 11.8. The Bertz CT molecular complexity index is 1230. The van der Waals surface area contributed by atoms with Gasteiger partial charge in [-0.2, -0.15) is 0 Å². The molecule has 0 aromatic heterocycles. The molecule has 7 nitrogen and oxygen atoms in total. The van der Waals surface area contributed by atoms with Crippen molar-refractivity contribution in [2.75, 3.05) is 25.0 Å². The maximum absolute atomic E-state index is 12.7. The number of carbonyl (C=O) groups excluding carboxylic acids is 1. The molecule has 0 atom stereocenters. The van der Waals surface area contributed by atoms with Gasteiger partial charge in [0.2, 0.25) is 0 Å². The average molecular weight is 503 g/mol. The van der Waals surface area contributed by atoms with Crippen LogP contribution in [0.5, 0.6) is 11.5 Å². The third-order valence-electron chi connectivity index (χ3n) is 4.97. The minimum Gasteiger partial charge on any atom is -0.493 e. The van der Waals surface area contributed by atoms with Crippen molar-refractivity contribution in [3.63, 3.8) is 0 Å². The van der Waals surface area contributed by atoms with Gasteiger partial charge in [0.1, 0.15) is 0 Å². The Balaban J connectivity index is 1.59. The Kier molecular flexibility index (Phi) is 8.79. The SMILES string of the molecule is CCOc1ccc(CCCNC(=O)c2cc(NS(=O)(=O)c3ccccc3)ccc2Cl)cc1OC. The van der Waals surface area contributed by atoms with E-state index in [1.54, 1.807) is 25.3 Å². The first-order chi connectivity index (χ1) is 16.3. The van der Waals surface area contributed by atoms with Crippen molar-refractivity contribution in [1.82, 2.24) is 5.32 Å². The molecule has 9 heteroatoms. The average Bonchev–Trinajstić information content (AvgIpc) is 2.84. The highest BCUT2D eigenvalue weighted by molar-refractivity contribution is 7.92. The topological polar surface area (TPSA) is 93.7 Å². The van der Waals surface area contributed by atoms with Crippen molar-refractivity contribution in [1.29, 1.82) is 0 Å². The van der Waals surface area contributed by atoms with Gasteiger partial charge in [0.15, 0.2) is 11.5 Å². The fourth-order valence-electron chi connectivity index (χ4n) is 3.31. The quantitative estimate of drug-likeness (QED) is 0.363. The summed E-state index contributed by atoms with van der Waals surface area (Å²) in [4.78, 5) is 12.8. The smallest absolute Gasteiger partial charge is 0.261 e. The van der Waals surface area contributed by atoms with Crippen LogP contribution >= 0.6 is 11.6 Å². The van der Waals surface area contributed by atoms with E-state index >= 15 is 0 Å². The molecule has 3 aromatic rings. The summed E-state index contributed by atoms with van der Waals surface area (Å²) in [5.74, 6) is 0.986. The summed E-state index contributed by atoms with van der Waals surface area (Å²) in [5.41, 5.74) is 1.50. The molecule has 0 bridgehead atoms. The van der Waals surface area contributed by atoms with Gasteiger partial charge in [-0.1, -0.05) is 35.9 Å². The molecule has 3 aromatic carbocycles. The molecular weight excluding hydrogens is 476 g/mol. The van der Waals surface area contributed by atoms with Crippen LogP contribution in [0.15, 0.2) is 71.6 Å². The fourth-order valence-corrected chi connectivity index (χ4v) is 4.58. The number of sulfonamides is 1. The zero-order chi connectivity index (χ0) is 24.6. The Labute approximate surface area is 205 Å². The van der Waals surface area contributed by atoms with Gasteiger partial charge in [0, 0.05) is 12.2 Å². The number of amides is 1. The van der Waals surface area contributed by atoms with E-state index in [9.17, 15) is 13.2 Å². The van der Waals surface area contributed by atoms with Crippen LogP contribution in [0.4, 0.5) is 5.69 Å². The maximum atomic E-state index is 12.7. The van der Waals surface area contributed by atoms with E-state index in [-0.39, 0.29) is 27.1 Å². The lowest BCUT2D eigenvalue weighted by Crippen LogP contribution is -2.25. The molecule has 0 heterocycles. The summed E-state index contributed by atoms with van der Waals surface area (Å²) >= 11 is 6.20. The lowest BCUT2D eigenvalue weighted by molar-refractivity contribution is 0.0953. The minimum atomic E-state index is -3.78.